The normalized spacial score (nSPS) is 11.1. The Morgan fingerprint density at radius 2 is 2.00 bits per heavy atom. The zero-order valence-corrected chi connectivity index (χ0v) is 12.7. The summed E-state index contributed by atoms with van der Waals surface area (Å²) in [6.45, 7) is 8.10. The van der Waals surface area contributed by atoms with Crippen molar-refractivity contribution in [1.82, 2.24) is 5.32 Å². The number of nitrogens with one attached hydrogen (secondary N) is 1. The molecule has 0 atom stereocenters. The first-order chi connectivity index (χ1) is 9.11. The monoisotopic (exact) mass is 266 g/mol. The molecule has 0 aliphatic rings. The van der Waals surface area contributed by atoms with Gasteiger partial charge >= 0.3 is 0 Å². The molecule has 1 aromatic rings. The summed E-state index contributed by atoms with van der Waals surface area (Å²) in [7, 11) is 1.85. The highest BCUT2D eigenvalue weighted by molar-refractivity contribution is 5.54. The SMILES string of the molecule is CCCCCN(c1cccc(F)c1CNC)C(C)C. The van der Waals surface area contributed by atoms with Gasteiger partial charge in [0.2, 0.25) is 0 Å². The van der Waals surface area contributed by atoms with Crippen molar-refractivity contribution in [3.05, 3.63) is 29.6 Å². The molecular formula is C16H27FN2. The fraction of sp³-hybridized carbons (Fsp3) is 0.625. The summed E-state index contributed by atoms with van der Waals surface area (Å²) in [5.41, 5.74) is 1.80. The van der Waals surface area contributed by atoms with Crippen LogP contribution in [-0.4, -0.2) is 19.6 Å². The van der Waals surface area contributed by atoms with E-state index in [4.69, 9.17) is 0 Å². The van der Waals surface area contributed by atoms with E-state index < -0.39 is 0 Å². The minimum Gasteiger partial charge on any atom is -0.369 e. The first kappa shape index (κ1) is 16.0. The maximum atomic E-state index is 14.0. The number of benzene rings is 1. The van der Waals surface area contributed by atoms with Crippen molar-refractivity contribution >= 4 is 5.69 Å². The van der Waals surface area contributed by atoms with Crippen LogP contribution in [0.1, 0.15) is 45.6 Å². The highest BCUT2D eigenvalue weighted by atomic mass is 19.1. The van der Waals surface area contributed by atoms with Crippen LogP contribution in [-0.2, 0) is 6.54 Å². The molecule has 0 bridgehead atoms. The molecule has 1 aromatic carbocycles. The van der Waals surface area contributed by atoms with Gasteiger partial charge in [0.15, 0.2) is 0 Å². The molecule has 0 aliphatic carbocycles. The second kappa shape index (κ2) is 8.16. The second-order valence-electron chi connectivity index (χ2n) is 5.26. The summed E-state index contributed by atoms with van der Waals surface area (Å²) in [5, 5.41) is 3.06. The van der Waals surface area contributed by atoms with Crippen LogP contribution in [0, 0.1) is 5.82 Å². The summed E-state index contributed by atoms with van der Waals surface area (Å²) in [5.74, 6) is -0.118. The van der Waals surface area contributed by atoms with Gasteiger partial charge < -0.3 is 10.2 Å². The van der Waals surface area contributed by atoms with Gasteiger partial charge in [-0.2, -0.15) is 0 Å². The van der Waals surface area contributed by atoms with Crippen molar-refractivity contribution in [3.8, 4) is 0 Å². The van der Waals surface area contributed by atoms with E-state index in [0.717, 1.165) is 24.2 Å². The van der Waals surface area contributed by atoms with Crippen LogP contribution in [0.5, 0.6) is 0 Å². The Morgan fingerprint density at radius 1 is 1.26 bits per heavy atom. The molecule has 108 valence electrons. The van der Waals surface area contributed by atoms with Gasteiger partial charge in [-0.1, -0.05) is 25.8 Å². The lowest BCUT2D eigenvalue weighted by Gasteiger charge is -2.31. The minimum absolute atomic E-state index is 0.118. The molecule has 0 unspecified atom stereocenters. The third-order valence-electron chi connectivity index (χ3n) is 3.38. The lowest BCUT2D eigenvalue weighted by molar-refractivity contribution is 0.587. The number of hydrogen-bond donors (Lipinski definition) is 1. The van der Waals surface area contributed by atoms with E-state index in [-0.39, 0.29) is 5.82 Å². The van der Waals surface area contributed by atoms with Gasteiger partial charge in [0, 0.05) is 30.4 Å². The summed E-state index contributed by atoms with van der Waals surface area (Å²) < 4.78 is 14.0. The number of halogens is 1. The van der Waals surface area contributed by atoms with Crippen LogP contribution in [0.15, 0.2) is 18.2 Å². The Hall–Kier alpha value is -1.09. The quantitative estimate of drug-likeness (QED) is 0.717. The van der Waals surface area contributed by atoms with E-state index >= 15 is 0 Å². The predicted octanol–water partition coefficient (Wildman–Crippen LogP) is 3.95. The molecule has 0 aliphatic heterocycles. The Kier molecular flexibility index (Phi) is 6.85. The number of nitrogens with zero attached hydrogens (tertiary/aromatic N) is 1. The molecule has 0 spiro atoms. The number of anilines is 1. The third-order valence-corrected chi connectivity index (χ3v) is 3.38. The van der Waals surface area contributed by atoms with Gasteiger partial charge in [-0.25, -0.2) is 4.39 Å². The number of hydrogen-bond acceptors (Lipinski definition) is 2. The lowest BCUT2D eigenvalue weighted by Crippen LogP contribution is -2.33. The zero-order chi connectivity index (χ0) is 14.3. The smallest absolute Gasteiger partial charge is 0.129 e. The number of rotatable bonds is 8. The van der Waals surface area contributed by atoms with Crippen molar-refractivity contribution in [3.63, 3.8) is 0 Å². The van der Waals surface area contributed by atoms with E-state index in [9.17, 15) is 4.39 Å². The predicted molar refractivity (Wildman–Crippen MR) is 81.2 cm³/mol. The first-order valence-corrected chi connectivity index (χ1v) is 7.30. The van der Waals surface area contributed by atoms with E-state index in [0.29, 0.717) is 12.6 Å². The maximum absolute atomic E-state index is 14.0. The van der Waals surface area contributed by atoms with Crippen LogP contribution in [0.25, 0.3) is 0 Å². The van der Waals surface area contributed by atoms with Crippen LogP contribution in [0.3, 0.4) is 0 Å². The van der Waals surface area contributed by atoms with E-state index in [1.807, 2.05) is 13.1 Å². The second-order valence-corrected chi connectivity index (χ2v) is 5.26. The molecule has 1 rings (SSSR count). The highest BCUT2D eigenvalue weighted by Crippen LogP contribution is 2.25. The molecule has 0 fully saturated rings. The Bertz CT molecular complexity index is 377. The molecule has 0 saturated heterocycles. The molecular weight excluding hydrogens is 239 g/mol. The van der Waals surface area contributed by atoms with Crippen LogP contribution >= 0.6 is 0 Å². The van der Waals surface area contributed by atoms with Gasteiger partial charge in [-0.15, -0.1) is 0 Å². The van der Waals surface area contributed by atoms with Gasteiger partial charge in [-0.05, 0) is 39.4 Å². The minimum atomic E-state index is -0.118. The van der Waals surface area contributed by atoms with Gasteiger partial charge in [0.05, 0.1) is 0 Å². The molecule has 0 radical (unpaired) electrons. The van der Waals surface area contributed by atoms with Crippen molar-refractivity contribution < 1.29 is 4.39 Å². The van der Waals surface area contributed by atoms with Crippen molar-refractivity contribution in [2.24, 2.45) is 0 Å². The van der Waals surface area contributed by atoms with Gasteiger partial charge in [-0.3, -0.25) is 0 Å². The number of unbranched alkanes of at least 4 members (excludes halogenated alkanes) is 2. The van der Waals surface area contributed by atoms with Crippen molar-refractivity contribution in [2.45, 2.75) is 52.6 Å². The summed E-state index contributed by atoms with van der Waals surface area (Å²) in [6.07, 6.45) is 3.59. The molecule has 2 nitrogen and oxygen atoms in total. The Balaban J connectivity index is 2.97. The molecule has 0 heterocycles. The fourth-order valence-electron chi connectivity index (χ4n) is 2.36. The summed E-state index contributed by atoms with van der Waals surface area (Å²) >= 11 is 0. The molecule has 19 heavy (non-hydrogen) atoms. The van der Waals surface area contributed by atoms with E-state index in [2.05, 4.69) is 31.0 Å². The largest absolute Gasteiger partial charge is 0.369 e. The molecule has 0 aromatic heterocycles. The summed E-state index contributed by atoms with van der Waals surface area (Å²) in [4.78, 5) is 2.31. The fourth-order valence-corrected chi connectivity index (χ4v) is 2.36. The molecule has 1 N–H and O–H groups in total. The molecule has 3 heteroatoms. The highest BCUT2D eigenvalue weighted by Gasteiger charge is 2.16. The standard InChI is InChI=1S/C16H27FN2/c1-5-6-7-11-19(13(2)3)16-10-8-9-15(17)14(16)12-18-4/h8-10,13,18H,5-7,11-12H2,1-4H3. The lowest BCUT2D eigenvalue weighted by atomic mass is 10.1. The zero-order valence-electron chi connectivity index (χ0n) is 12.7. The van der Waals surface area contributed by atoms with E-state index in [1.54, 1.807) is 12.1 Å². The maximum Gasteiger partial charge on any atom is 0.129 e. The van der Waals surface area contributed by atoms with Crippen molar-refractivity contribution in [1.29, 1.82) is 0 Å². The third kappa shape index (κ3) is 4.50. The van der Waals surface area contributed by atoms with Crippen LogP contribution < -0.4 is 10.2 Å². The van der Waals surface area contributed by atoms with Crippen molar-refractivity contribution in [2.75, 3.05) is 18.5 Å². The van der Waals surface area contributed by atoms with Crippen LogP contribution in [0.4, 0.5) is 10.1 Å². The van der Waals surface area contributed by atoms with E-state index in [1.165, 1.54) is 12.8 Å². The van der Waals surface area contributed by atoms with Gasteiger partial charge in [0.25, 0.3) is 0 Å². The Morgan fingerprint density at radius 3 is 2.58 bits per heavy atom. The molecule has 0 saturated carbocycles. The average Bonchev–Trinajstić information content (AvgIpc) is 2.37. The topological polar surface area (TPSA) is 15.3 Å². The average molecular weight is 266 g/mol. The first-order valence-electron chi connectivity index (χ1n) is 7.30. The van der Waals surface area contributed by atoms with Crippen LogP contribution in [0.2, 0.25) is 0 Å². The summed E-state index contributed by atoms with van der Waals surface area (Å²) in [6, 6.07) is 5.76. The van der Waals surface area contributed by atoms with Gasteiger partial charge in [0.1, 0.15) is 5.82 Å². The molecule has 0 amide bonds. The Labute approximate surface area is 117 Å².